The highest BCUT2D eigenvalue weighted by Crippen LogP contribution is 2.37. The molecule has 24 heavy (non-hydrogen) atoms. The molecule has 1 aliphatic carbocycles. The number of hydrogen-bond donors (Lipinski definition) is 0. The molecule has 0 spiro atoms. The first-order chi connectivity index (χ1) is 11.7. The third-order valence-corrected chi connectivity index (χ3v) is 5.52. The minimum absolute atomic E-state index is 0.114. The van der Waals surface area contributed by atoms with Crippen LogP contribution < -0.4 is 0 Å². The molecule has 1 atom stereocenters. The van der Waals surface area contributed by atoms with Gasteiger partial charge in [-0.3, -0.25) is 9.59 Å². The second-order valence-corrected chi connectivity index (χ2v) is 7.28. The summed E-state index contributed by atoms with van der Waals surface area (Å²) in [5.74, 6) is 0.243. The Morgan fingerprint density at radius 3 is 2.83 bits per heavy atom. The Hall–Kier alpha value is -1.85. The van der Waals surface area contributed by atoms with Gasteiger partial charge in [0.25, 0.3) is 0 Å². The molecular formula is C18H26N4O2. The van der Waals surface area contributed by atoms with Gasteiger partial charge in [-0.2, -0.15) is 0 Å². The number of fused-ring (bicyclic) bond motifs is 1. The molecule has 0 aromatic carbocycles. The number of nitrogens with zero attached hydrogens (tertiary/aromatic N) is 4. The van der Waals surface area contributed by atoms with E-state index in [1.54, 1.807) is 0 Å². The maximum atomic E-state index is 13.0. The van der Waals surface area contributed by atoms with Crippen molar-refractivity contribution in [2.24, 2.45) is 0 Å². The molecule has 1 saturated carbocycles. The first kappa shape index (κ1) is 15.7. The number of imidazole rings is 1. The maximum absolute atomic E-state index is 13.0. The number of hydrogen-bond acceptors (Lipinski definition) is 3. The van der Waals surface area contributed by atoms with E-state index < -0.39 is 0 Å². The summed E-state index contributed by atoms with van der Waals surface area (Å²) >= 11 is 0. The SMILES string of the molecule is CCCC(=O)N1CCC[C@@H]1C(=O)N1CCc2c(ncn2C2CC2)C1. The number of carbonyl (C=O) groups is 2. The second kappa shape index (κ2) is 6.22. The molecule has 3 aliphatic rings. The summed E-state index contributed by atoms with van der Waals surface area (Å²) in [5.41, 5.74) is 2.36. The van der Waals surface area contributed by atoms with Crippen LogP contribution in [0.2, 0.25) is 0 Å². The summed E-state index contributed by atoms with van der Waals surface area (Å²) in [6.07, 6.45) is 8.44. The van der Waals surface area contributed by atoms with Crippen molar-refractivity contribution in [2.45, 2.75) is 70.5 Å². The van der Waals surface area contributed by atoms with E-state index in [-0.39, 0.29) is 17.9 Å². The predicted molar refractivity (Wildman–Crippen MR) is 89.3 cm³/mol. The van der Waals surface area contributed by atoms with Crippen LogP contribution >= 0.6 is 0 Å². The molecule has 0 bridgehead atoms. The zero-order valence-corrected chi connectivity index (χ0v) is 14.4. The van der Waals surface area contributed by atoms with E-state index >= 15 is 0 Å². The highest BCUT2D eigenvalue weighted by Gasteiger charge is 2.38. The standard InChI is InChI=1S/C18H26N4O2/c1-2-4-17(23)21-9-3-5-16(21)18(24)20-10-8-15-14(11-20)19-12-22(15)13-6-7-13/h12-13,16H,2-11H2,1H3/t16-/m1/s1. The summed E-state index contributed by atoms with van der Waals surface area (Å²) in [6, 6.07) is 0.386. The largest absolute Gasteiger partial charge is 0.335 e. The molecule has 0 unspecified atom stereocenters. The monoisotopic (exact) mass is 330 g/mol. The van der Waals surface area contributed by atoms with Gasteiger partial charge in [-0.1, -0.05) is 6.92 Å². The first-order valence-corrected chi connectivity index (χ1v) is 9.32. The van der Waals surface area contributed by atoms with Crippen LogP contribution in [0.5, 0.6) is 0 Å². The Balaban J connectivity index is 1.45. The molecule has 3 heterocycles. The van der Waals surface area contributed by atoms with E-state index in [2.05, 4.69) is 9.55 Å². The van der Waals surface area contributed by atoms with Crippen molar-refractivity contribution in [3.05, 3.63) is 17.7 Å². The molecule has 130 valence electrons. The van der Waals surface area contributed by atoms with Crippen LogP contribution in [0.1, 0.15) is 62.9 Å². The van der Waals surface area contributed by atoms with E-state index in [4.69, 9.17) is 0 Å². The summed E-state index contributed by atoms with van der Waals surface area (Å²) < 4.78 is 2.31. The van der Waals surface area contributed by atoms with Crippen molar-refractivity contribution in [1.82, 2.24) is 19.4 Å². The van der Waals surface area contributed by atoms with E-state index in [0.29, 0.717) is 19.0 Å². The fourth-order valence-electron chi connectivity index (χ4n) is 4.08. The van der Waals surface area contributed by atoms with Crippen molar-refractivity contribution in [2.75, 3.05) is 13.1 Å². The van der Waals surface area contributed by atoms with Crippen molar-refractivity contribution in [3.63, 3.8) is 0 Å². The third kappa shape index (κ3) is 2.72. The highest BCUT2D eigenvalue weighted by atomic mass is 16.2. The average Bonchev–Trinajstić information content (AvgIpc) is 3.16. The van der Waals surface area contributed by atoms with Gasteiger partial charge in [-0.15, -0.1) is 0 Å². The normalized spacial score (nSPS) is 23.5. The average molecular weight is 330 g/mol. The van der Waals surface area contributed by atoms with Crippen molar-refractivity contribution < 1.29 is 9.59 Å². The van der Waals surface area contributed by atoms with Gasteiger partial charge < -0.3 is 14.4 Å². The summed E-state index contributed by atoms with van der Waals surface area (Å²) in [5, 5.41) is 0. The van der Waals surface area contributed by atoms with Gasteiger partial charge in [0.1, 0.15) is 6.04 Å². The molecule has 1 saturated heterocycles. The van der Waals surface area contributed by atoms with E-state index in [9.17, 15) is 9.59 Å². The van der Waals surface area contributed by atoms with Gasteiger partial charge in [0.15, 0.2) is 0 Å². The topological polar surface area (TPSA) is 58.4 Å². The molecule has 2 amide bonds. The molecular weight excluding hydrogens is 304 g/mol. The number of likely N-dealkylation sites (tertiary alicyclic amines) is 1. The Labute approximate surface area is 142 Å². The minimum Gasteiger partial charge on any atom is -0.335 e. The van der Waals surface area contributed by atoms with Crippen LogP contribution in [0.3, 0.4) is 0 Å². The molecule has 6 nitrogen and oxygen atoms in total. The summed E-state index contributed by atoms with van der Waals surface area (Å²) in [6.45, 7) is 4.08. The van der Waals surface area contributed by atoms with E-state index in [1.807, 2.05) is 23.1 Å². The molecule has 1 aromatic rings. The van der Waals surface area contributed by atoms with E-state index in [0.717, 1.165) is 44.5 Å². The van der Waals surface area contributed by atoms with Crippen molar-refractivity contribution >= 4 is 11.8 Å². The second-order valence-electron chi connectivity index (χ2n) is 7.28. The Morgan fingerprint density at radius 1 is 1.25 bits per heavy atom. The van der Waals surface area contributed by atoms with Crippen molar-refractivity contribution in [1.29, 1.82) is 0 Å². The third-order valence-electron chi connectivity index (χ3n) is 5.52. The quantitative estimate of drug-likeness (QED) is 0.847. The lowest BCUT2D eigenvalue weighted by atomic mass is 10.1. The van der Waals surface area contributed by atoms with Crippen LogP contribution in [0.4, 0.5) is 0 Å². The first-order valence-electron chi connectivity index (χ1n) is 9.32. The molecule has 4 rings (SSSR count). The lowest BCUT2D eigenvalue weighted by molar-refractivity contribution is -0.144. The Bertz CT molecular complexity index is 649. The highest BCUT2D eigenvalue weighted by molar-refractivity contribution is 5.88. The van der Waals surface area contributed by atoms with Crippen LogP contribution in [0, 0.1) is 0 Å². The smallest absolute Gasteiger partial charge is 0.245 e. The lowest BCUT2D eigenvalue weighted by Crippen LogP contribution is -2.49. The van der Waals surface area contributed by atoms with E-state index in [1.165, 1.54) is 18.5 Å². The Kier molecular flexibility index (Phi) is 4.06. The Morgan fingerprint density at radius 2 is 2.08 bits per heavy atom. The molecule has 2 fully saturated rings. The van der Waals surface area contributed by atoms with Crippen LogP contribution in [-0.2, 0) is 22.6 Å². The fraction of sp³-hybridized carbons (Fsp3) is 0.722. The van der Waals surface area contributed by atoms with Crippen molar-refractivity contribution in [3.8, 4) is 0 Å². The van der Waals surface area contributed by atoms with Gasteiger partial charge in [0.2, 0.25) is 11.8 Å². The zero-order chi connectivity index (χ0) is 16.7. The maximum Gasteiger partial charge on any atom is 0.245 e. The summed E-state index contributed by atoms with van der Waals surface area (Å²) in [4.78, 5) is 33.5. The lowest BCUT2D eigenvalue weighted by Gasteiger charge is -2.32. The molecule has 0 N–H and O–H groups in total. The van der Waals surface area contributed by atoms with Gasteiger partial charge in [-0.05, 0) is 32.1 Å². The summed E-state index contributed by atoms with van der Waals surface area (Å²) in [7, 11) is 0. The van der Waals surface area contributed by atoms with Gasteiger partial charge in [0, 0.05) is 37.7 Å². The molecule has 2 aliphatic heterocycles. The minimum atomic E-state index is -0.254. The van der Waals surface area contributed by atoms with Gasteiger partial charge >= 0.3 is 0 Å². The number of aromatic nitrogens is 2. The van der Waals surface area contributed by atoms with Crippen LogP contribution in [0.25, 0.3) is 0 Å². The predicted octanol–water partition coefficient (Wildman–Crippen LogP) is 1.89. The molecule has 0 radical (unpaired) electrons. The fourth-order valence-corrected chi connectivity index (χ4v) is 4.08. The van der Waals surface area contributed by atoms with Gasteiger partial charge in [0.05, 0.1) is 18.6 Å². The van der Waals surface area contributed by atoms with Gasteiger partial charge in [-0.25, -0.2) is 4.98 Å². The number of amides is 2. The number of rotatable bonds is 4. The number of carbonyl (C=O) groups excluding carboxylic acids is 2. The molecule has 6 heteroatoms. The van der Waals surface area contributed by atoms with Crippen LogP contribution in [0.15, 0.2) is 6.33 Å². The van der Waals surface area contributed by atoms with Crippen LogP contribution in [-0.4, -0.2) is 50.3 Å². The molecule has 1 aromatic heterocycles. The zero-order valence-electron chi connectivity index (χ0n) is 14.4.